The molecule has 0 aliphatic heterocycles. The van der Waals surface area contributed by atoms with Crippen LogP contribution in [-0.2, 0) is 6.42 Å². The molecule has 0 amide bonds. The predicted molar refractivity (Wildman–Crippen MR) is 139 cm³/mol. The molecule has 34 heavy (non-hydrogen) atoms. The Morgan fingerprint density at radius 3 is 2.24 bits per heavy atom. The van der Waals surface area contributed by atoms with E-state index < -0.39 is 0 Å². The molecule has 1 aromatic heterocycles. The van der Waals surface area contributed by atoms with Crippen molar-refractivity contribution in [2.75, 3.05) is 0 Å². The zero-order valence-corrected chi connectivity index (χ0v) is 18.5. The number of fused-ring (bicyclic) bond motifs is 6. The number of hydrogen-bond donors (Lipinski definition) is 0. The molecule has 0 bridgehead atoms. The molecular formula is C32H20N2. The third kappa shape index (κ3) is 2.68. The lowest BCUT2D eigenvalue weighted by Gasteiger charge is -2.11. The largest absolute Gasteiger partial charge is 0.309 e. The van der Waals surface area contributed by atoms with Crippen molar-refractivity contribution in [3.05, 3.63) is 126 Å². The minimum atomic E-state index is 0.672. The first-order chi connectivity index (χ1) is 16.8. The lowest BCUT2D eigenvalue weighted by Crippen LogP contribution is -1.94. The summed E-state index contributed by atoms with van der Waals surface area (Å²) in [6.45, 7) is 0. The molecule has 0 N–H and O–H groups in total. The summed E-state index contributed by atoms with van der Waals surface area (Å²) in [6.07, 6.45) is 0.979. The Balaban J connectivity index is 1.45. The van der Waals surface area contributed by atoms with Crippen LogP contribution in [-0.4, -0.2) is 4.57 Å². The van der Waals surface area contributed by atoms with Crippen LogP contribution in [0.3, 0.4) is 0 Å². The summed E-state index contributed by atoms with van der Waals surface area (Å²) in [5, 5.41) is 11.7. The number of nitriles is 1. The Bertz CT molecular complexity index is 1780. The second-order valence-electron chi connectivity index (χ2n) is 8.91. The number of aromatic nitrogens is 1. The van der Waals surface area contributed by atoms with Gasteiger partial charge in [-0.25, -0.2) is 0 Å². The molecular weight excluding hydrogens is 412 g/mol. The summed E-state index contributed by atoms with van der Waals surface area (Å²) >= 11 is 0. The molecule has 0 atom stereocenters. The minimum absolute atomic E-state index is 0.672. The Kier molecular flexibility index (Phi) is 4.00. The van der Waals surface area contributed by atoms with Gasteiger partial charge >= 0.3 is 0 Å². The summed E-state index contributed by atoms with van der Waals surface area (Å²) in [5.41, 5.74) is 12.2. The van der Waals surface area contributed by atoms with Gasteiger partial charge in [-0.2, -0.15) is 5.26 Å². The lowest BCUT2D eigenvalue weighted by atomic mass is 9.95. The fourth-order valence-corrected chi connectivity index (χ4v) is 5.53. The molecule has 6 aromatic rings. The molecule has 1 aliphatic carbocycles. The van der Waals surface area contributed by atoms with E-state index in [1.54, 1.807) is 0 Å². The summed E-state index contributed by atoms with van der Waals surface area (Å²) < 4.78 is 2.29. The molecule has 1 aliphatic rings. The highest BCUT2D eigenvalue weighted by Crippen LogP contribution is 2.42. The maximum atomic E-state index is 9.21. The van der Waals surface area contributed by atoms with Crippen molar-refractivity contribution in [3.8, 4) is 34.0 Å². The van der Waals surface area contributed by atoms with Gasteiger partial charge in [0.2, 0.25) is 0 Å². The van der Waals surface area contributed by atoms with Crippen LogP contribution in [0.15, 0.2) is 109 Å². The van der Waals surface area contributed by atoms with Crippen LogP contribution in [0.2, 0.25) is 0 Å². The number of para-hydroxylation sites is 1. The summed E-state index contributed by atoms with van der Waals surface area (Å²) in [7, 11) is 0. The first-order valence-corrected chi connectivity index (χ1v) is 11.6. The average Bonchev–Trinajstić information content (AvgIpc) is 3.44. The van der Waals surface area contributed by atoms with Crippen molar-refractivity contribution < 1.29 is 0 Å². The number of benzene rings is 5. The second kappa shape index (κ2) is 7.20. The van der Waals surface area contributed by atoms with Crippen LogP contribution >= 0.6 is 0 Å². The molecule has 0 saturated carbocycles. The molecule has 158 valence electrons. The molecule has 2 heteroatoms. The van der Waals surface area contributed by atoms with E-state index in [-0.39, 0.29) is 0 Å². The van der Waals surface area contributed by atoms with Crippen molar-refractivity contribution in [1.82, 2.24) is 4.57 Å². The van der Waals surface area contributed by atoms with Crippen LogP contribution in [0.5, 0.6) is 0 Å². The Labute approximate surface area is 198 Å². The van der Waals surface area contributed by atoms with Gasteiger partial charge in [-0.15, -0.1) is 0 Å². The summed E-state index contributed by atoms with van der Waals surface area (Å²) in [6, 6.07) is 40.9. The first kappa shape index (κ1) is 18.9. The molecule has 7 rings (SSSR count). The smallest absolute Gasteiger partial charge is 0.0991 e. The Morgan fingerprint density at radius 1 is 0.618 bits per heavy atom. The van der Waals surface area contributed by atoms with Crippen molar-refractivity contribution in [2.45, 2.75) is 6.42 Å². The van der Waals surface area contributed by atoms with E-state index in [1.807, 2.05) is 24.3 Å². The molecule has 0 radical (unpaired) electrons. The van der Waals surface area contributed by atoms with Gasteiger partial charge in [0.1, 0.15) is 0 Å². The zero-order valence-electron chi connectivity index (χ0n) is 18.5. The number of rotatable bonds is 2. The summed E-state index contributed by atoms with van der Waals surface area (Å²) in [4.78, 5) is 0. The third-order valence-electron chi connectivity index (χ3n) is 7.09. The van der Waals surface area contributed by atoms with E-state index in [0.29, 0.717) is 5.56 Å². The van der Waals surface area contributed by atoms with E-state index in [2.05, 4.69) is 95.6 Å². The second-order valence-corrected chi connectivity index (χ2v) is 8.91. The van der Waals surface area contributed by atoms with Crippen molar-refractivity contribution in [1.29, 1.82) is 5.26 Å². The van der Waals surface area contributed by atoms with Crippen LogP contribution < -0.4 is 0 Å². The van der Waals surface area contributed by atoms with E-state index in [0.717, 1.165) is 12.1 Å². The molecule has 0 fully saturated rings. The summed E-state index contributed by atoms with van der Waals surface area (Å²) in [5.74, 6) is 0. The Hall–Kier alpha value is -4.61. The highest BCUT2D eigenvalue weighted by atomic mass is 15.0. The fourth-order valence-electron chi connectivity index (χ4n) is 5.53. The Morgan fingerprint density at radius 2 is 1.35 bits per heavy atom. The van der Waals surface area contributed by atoms with Gasteiger partial charge < -0.3 is 4.57 Å². The average molecular weight is 433 g/mol. The number of nitrogens with zero attached hydrogens (tertiary/aromatic N) is 2. The van der Waals surface area contributed by atoms with Crippen molar-refractivity contribution in [2.24, 2.45) is 0 Å². The van der Waals surface area contributed by atoms with Crippen LogP contribution in [0.1, 0.15) is 16.7 Å². The third-order valence-corrected chi connectivity index (χ3v) is 7.09. The first-order valence-electron chi connectivity index (χ1n) is 11.6. The molecule has 1 heterocycles. The molecule has 5 aromatic carbocycles. The van der Waals surface area contributed by atoms with Gasteiger partial charge in [0.15, 0.2) is 0 Å². The predicted octanol–water partition coefficient (Wildman–Crippen LogP) is 7.89. The molecule has 2 nitrogen and oxygen atoms in total. The van der Waals surface area contributed by atoms with Gasteiger partial charge in [-0.3, -0.25) is 0 Å². The number of hydrogen-bond acceptors (Lipinski definition) is 1. The molecule has 0 saturated heterocycles. The van der Waals surface area contributed by atoms with E-state index in [1.165, 1.54) is 55.2 Å². The maximum absolute atomic E-state index is 9.21. The van der Waals surface area contributed by atoms with Crippen LogP contribution in [0.25, 0.3) is 49.7 Å². The maximum Gasteiger partial charge on any atom is 0.0991 e. The zero-order chi connectivity index (χ0) is 22.6. The molecule has 0 unspecified atom stereocenters. The monoisotopic (exact) mass is 432 g/mol. The van der Waals surface area contributed by atoms with Gasteiger partial charge in [0.25, 0.3) is 0 Å². The highest BCUT2D eigenvalue weighted by Gasteiger charge is 2.21. The van der Waals surface area contributed by atoms with E-state index >= 15 is 0 Å². The topological polar surface area (TPSA) is 28.7 Å². The van der Waals surface area contributed by atoms with Gasteiger partial charge in [-0.05, 0) is 82.3 Å². The molecule has 0 spiro atoms. The van der Waals surface area contributed by atoms with Crippen LogP contribution in [0.4, 0.5) is 0 Å². The van der Waals surface area contributed by atoms with E-state index in [9.17, 15) is 5.26 Å². The SMILES string of the molecule is N#Cc1ccc(-n2c3ccccc3c3cc(-c4cccc5c4Cc4ccccc4-5)ccc32)cc1. The van der Waals surface area contributed by atoms with Gasteiger partial charge in [0.05, 0.1) is 22.7 Å². The standard InChI is InChI=1S/C32H20N2/c33-20-21-12-15-24(16-13-21)34-31-11-4-3-8-28(31)30-19-23(14-17-32(30)34)26-9-5-10-27-25-7-2-1-6-22(25)18-29(26)27/h1-17,19H,18H2. The van der Waals surface area contributed by atoms with Crippen molar-refractivity contribution >= 4 is 21.8 Å². The minimum Gasteiger partial charge on any atom is -0.309 e. The lowest BCUT2D eigenvalue weighted by molar-refractivity contribution is 1.18. The normalized spacial score (nSPS) is 12.0. The van der Waals surface area contributed by atoms with E-state index in [4.69, 9.17) is 0 Å². The van der Waals surface area contributed by atoms with Crippen molar-refractivity contribution in [3.63, 3.8) is 0 Å². The van der Waals surface area contributed by atoms with Gasteiger partial charge in [0, 0.05) is 16.5 Å². The van der Waals surface area contributed by atoms with Crippen LogP contribution in [0, 0.1) is 11.3 Å². The fraction of sp³-hybridized carbons (Fsp3) is 0.0312. The van der Waals surface area contributed by atoms with Gasteiger partial charge in [-0.1, -0.05) is 66.7 Å². The highest BCUT2D eigenvalue weighted by molar-refractivity contribution is 6.10. The quantitative estimate of drug-likeness (QED) is 0.273.